The minimum Gasteiger partial charge on any atom is -0.488 e. The average molecular weight is 398 g/mol. The molecule has 0 aromatic heterocycles. The Labute approximate surface area is 172 Å². The summed E-state index contributed by atoms with van der Waals surface area (Å²) in [6, 6.07) is 20.4. The van der Waals surface area contributed by atoms with Crippen LogP contribution in [0.5, 0.6) is 5.75 Å². The van der Waals surface area contributed by atoms with Crippen LogP contribution in [0.4, 0.5) is 0 Å². The fourth-order valence-corrected chi connectivity index (χ4v) is 3.32. The number of hydrogen-bond acceptors (Lipinski definition) is 3. The number of ether oxygens (including phenoxy) is 2. The molecule has 0 saturated carbocycles. The lowest BCUT2D eigenvalue weighted by Crippen LogP contribution is -2.18. The maximum atomic E-state index is 6.28. The van der Waals surface area contributed by atoms with Gasteiger partial charge < -0.3 is 14.8 Å². The molecule has 0 saturated heterocycles. The number of halogens is 1. The molecule has 0 aliphatic heterocycles. The number of rotatable bonds is 10. The lowest BCUT2D eigenvalue weighted by atomic mass is 10.0. The van der Waals surface area contributed by atoms with E-state index in [0.717, 1.165) is 42.5 Å². The summed E-state index contributed by atoms with van der Waals surface area (Å²) in [4.78, 5) is 0. The summed E-state index contributed by atoms with van der Waals surface area (Å²) in [6.45, 7) is 7.00. The Morgan fingerprint density at radius 1 is 0.964 bits per heavy atom. The van der Waals surface area contributed by atoms with Crippen molar-refractivity contribution in [2.24, 2.45) is 0 Å². The first-order valence-electron chi connectivity index (χ1n) is 9.84. The summed E-state index contributed by atoms with van der Waals surface area (Å²) in [5.41, 5.74) is 2.16. The lowest BCUT2D eigenvalue weighted by molar-refractivity contribution is 0.0770. The smallest absolute Gasteiger partial charge is 0.124 e. The van der Waals surface area contributed by atoms with E-state index in [9.17, 15) is 0 Å². The summed E-state index contributed by atoms with van der Waals surface area (Å²) < 4.78 is 11.8. The van der Waals surface area contributed by atoms with Crippen LogP contribution in [0.25, 0.3) is 10.8 Å². The van der Waals surface area contributed by atoms with E-state index in [1.54, 1.807) is 0 Å². The van der Waals surface area contributed by atoms with E-state index >= 15 is 0 Å². The van der Waals surface area contributed by atoms with Gasteiger partial charge in [0.05, 0.1) is 6.10 Å². The molecule has 0 bridgehead atoms. The van der Waals surface area contributed by atoms with E-state index in [2.05, 4.69) is 55.6 Å². The zero-order valence-corrected chi connectivity index (χ0v) is 17.3. The first-order chi connectivity index (χ1) is 13.6. The minimum absolute atomic E-state index is 0.280. The fraction of sp³-hybridized carbons (Fsp3) is 0.333. The summed E-state index contributed by atoms with van der Waals surface area (Å²) in [5, 5.41) is 6.69. The minimum atomic E-state index is 0.280. The zero-order chi connectivity index (χ0) is 19.8. The van der Waals surface area contributed by atoms with E-state index in [4.69, 9.17) is 21.1 Å². The molecule has 0 amide bonds. The summed E-state index contributed by atoms with van der Waals surface area (Å²) in [5.74, 6) is 0.893. The van der Waals surface area contributed by atoms with Crippen LogP contribution in [0.1, 0.15) is 31.4 Å². The largest absolute Gasteiger partial charge is 0.488 e. The topological polar surface area (TPSA) is 30.5 Å². The van der Waals surface area contributed by atoms with Crippen LogP contribution in [0.3, 0.4) is 0 Å². The molecule has 1 N–H and O–H groups in total. The van der Waals surface area contributed by atoms with Gasteiger partial charge in [-0.2, -0.15) is 0 Å². The second kappa shape index (κ2) is 10.5. The monoisotopic (exact) mass is 397 g/mol. The average Bonchev–Trinajstić information content (AvgIpc) is 2.70. The van der Waals surface area contributed by atoms with E-state index < -0.39 is 0 Å². The molecule has 0 heterocycles. The van der Waals surface area contributed by atoms with Gasteiger partial charge in [-0.1, -0.05) is 60.1 Å². The van der Waals surface area contributed by atoms with Crippen molar-refractivity contribution < 1.29 is 9.47 Å². The van der Waals surface area contributed by atoms with Gasteiger partial charge >= 0.3 is 0 Å². The van der Waals surface area contributed by atoms with Gasteiger partial charge in [0.15, 0.2) is 0 Å². The van der Waals surface area contributed by atoms with Gasteiger partial charge in [-0.3, -0.25) is 0 Å². The van der Waals surface area contributed by atoms with Crippen molar-refractivity contribution in [2.75, 3.05) is 13.2 Å². The molecule has 4 heteroatoms. The van der Waals surface area contributed by atoms with E-state index in [1.165, 1.54) is 16.3 Å². The molecule has 0 radical (unpaired) electrons. The van der Waals surface area contributed by atoms with Crippen LogP contribution >= 0.6 is 11.6 Å². The van der Waals surface area contributed by atoms with E-state index in [1.807, 2.05) is 24.3 Å². The molecule has 0 atom stereocenters. The normalized spacial score (nSPS) is 11.3. The van der Waals surface area contributed by atoms with E-state index in [0.29, 0.717) is 6.61 Å². The zero-order valence-electron chi connectivity index (χ0n) is 16.6. The number of hydrogen-bond donors (Lipinski definition) is 1. The van der Waals surface area contributed by atoms with Crippen molar-refractivity contribution in [2.45, 2.75) is 39.5 Å². The van der Waals surface area contributed by atoms with Gasteiger partial charge in [0.25, 0.3) is 0 Å². The molecule has 0 spiro atoms. The Hall–Kier alpha value is -2.07. The number of benzene rings is 3. The predicted octanol–water partition coefficient (Wildman–Crippen LogP) is 5.98. The highest BCUT2D eigenvalue weighted by molar-refractivity contribution is 6.31. The van der Waals surface area contributed by atoms with Crippen LogP contribution in [0.15, 0.2) is 60.7 Å². The van der Waals surface area contributed by atoms with Crippen molar-refractivity contribution in [1.29, 1.82) is 0 Å². The van der Waals surface area contributed by atoms with Crippen molar-refractivity contribution >= 4 is 22.4 Å². The Bertz CT molecular complexity index is 895. The van der Waals surface area contributed by atoms with Crippen LogP contribution in [-0.2, 0) is 17.9 Å². The van der Waals surface area contributed by atoms with Gasteiger partial charge in [0.1, 0.15) is 12.4 Å². The molecule has 3 aromatic carbocycles. The number of fused-ring (bicyclic) bond motifs is 1. The van der Waals surface area contributed by atoms with Crippen molar-refractivity contribution in [3.63, 3.8) is 0 Å². The Balaban J connectivity index is 1.70. The molecule has 148 valence electrons. The van der Waals surface area contributed by atoms with Gasteiger partial charge in [-0.05, 0) is 49.7 Å². The second-order valence-electron chi connectivity index (χ2n) is 7.09. The Morgan fingerprint density at radius 3 is 2.57 bits per heavy atom. The second-order valence-corrected chi connectivity index (χ2v) is 7.50. The molecule has 3 aromatic rings. The van der Waals surface area contributed by atoms with E-state index in [-0.39, 0.29) is 6.10 Å². The Kier molecular flexibility index (Phi) is 7.72. The van der Waals surface area contributed by atoms with Gasteiger partial charge in [0, 0.05) is 29.3 Å². The third-order valence-electron chi connectivity index (χ3n) is 4.59. The molecule has 0 fully saturated rings. The standard InChI is InChI=1S/C24H28ClNO2/c1-18(2)27-15-7-14-26-16-22-21-10-5-3-8-19(21)12-13-24(22)28-17-20-9-4-6-11-23(20)25/h3-6,8-13,18,26H,7,14-17H2,1-2H3. The maximum Gasteiger partial charge on any atom is 0.124 e. The van der Waals surface area contributed by atoms with Crippen LogP contribution in [-0.4, -0.2) is 19.3 Å². The quantitative estimate of drug-likeness (QED) is 0.427. The molecular formula is C24H28ClNO2. The van der Waals surface area contributed by atoms with Gasteiger partial charge in [-0.25, -0.2) is 0 Å². The molecule has 0 aliphatic carbocycles. The van der Waals surface area contributed by atoms with Crippen LogP contribution in [0, 0.1) is 0 Å². The highest BCUT2D eigenvalue weighted by Gasteiger charge is 2.10. The molecular weight excluding hydrogens is 370 g/mol. The van der Waals surface area contributed by atoms with Crippen molar-refractivity contribution in [3.8, 4) is 5.75 Å². The molecule has 0 aliphatic rings. The molecule has 28 heavy (non-hydrogen) atoms. The van der Waals surface area contributed by atoms with Gasteiger partial charge in [-0.15, -0.1) is 0 Å². The summed E-state index contributed by atoms with van der Waals surface area (Å²) >= 11 is 6.28. The van der Waals surface area contributed by atoms with Crippen LogP contribution in [0.2, 0.25) is 5.02 Å². The third-order valence-corrected chi connectivity index (χ3v) is 4.96. The maximum absolute atomic E-state index is 6.28. The first-order valence-corrected chi connectivity index (χ1v) is 10.2. The first kappa shape index (κ1) is 20.7. The molecule has 3 rings (SSSR count). The van der Waals surface area contributed by atoms with Crippen LogP contribution < -0.4 is 10.1 Å². The summed E-state index contributed by atoms with van der Waals surface area (Å²) in [6.07, 6.45) is 1.27. The summed E-state index contributed by atoms with van der Waals surface area (Å²) in [7, 11) is 0. The third kappa shape index (κ3) is 5.71. The predicted molar refractivity (Wildman–Crippen MR) is 117 cm³/mol. The highest BCUT2D eigenvalue weighted by Crippen LogP contribution is 2.29. The van der Waals surface area contributed by atoms with Crippen molar-refractivity contribution in [1.82, 2.24) is 5.32 Å². The fourth-order valence-electron chi connectivity index (χ4n) is 3.13. The molecule has 0 unspecified atom stereocenters. The van der Waals surface area contributed by atoms with Gasteiger partial charge in [0.2, 0.25) is 0 Å². The lowest BCUT2D eigenvalue weighted by Gasteiger charge is -2.16. The van der Waals surface area contributed by atoms with Crippen molar-refractivity contribution in [3.05, 3.63) is 76.8 Å². The number of nitrogens with one attached hydrogen (secondary N) is 1. The SMILES string of the molecule is CC(C)OCCCNCc1c(OCc2ccccc2Cl)ccc2ccccc12. The molecule has 3 nitrogen and oxygen atoms in total. The highest BCUT2D eigenvalue weighted by atomic mass is 35.5. The Morgan fingerprint density at radius 2 is 1.75 bits per heavy atom.